The summed E-state index contributed by atoms with van der Waals surface area (Å²) in [7, 11) is 1.51. The molecular formula is C26H29F3N4O3. The largest absolute Gasteiger partial charge is 0.497 e. The minimum absolute atomic E-state index is 0.0100. The Hall–Kier alpha value is -3.37. The minimum Gasteiger partial charge on any atom is -0.497 e. The first kappa shape index (κ1) is 25.7. The van der Waals surface area contributed by atoms with Crippen LogP contribution in [0.25, 0.3) is 0 Å². The van der Waals surface area contributed by atoms with Gasteiger partial charge in [0.2, 0.25) is 0 Å². The van der Waals surface area contributed by atoms with Crippen LogP contribution in [0.3, 0.4) is 0 Å². The molecule has 0 unspecified atom stereocenters. The van der Waals surface area contributed by atoms with Gasteiger partial charge in [-0.1, -0.05) is 18.2 Å². The molecule has 0 radical (unpaired) electrons. The van der Waals surface area contributed by atoms with E-state index in [1.807, 2.05) is 10.8 Å². The summed E-state index contributed by atoms with van der Waals surface area (Å²) in [6.45, 7) is 1.93. The first-order chi connectivity index (χ1) is 17.3. The maximum absolute atomic E-state index is 14.0. The smallest absolute Gasteiger partial charge is 0.416 e. The van der Waals surface area contributed by atoms with Gasteiger partial charge in [0, 0.05) is 43.6 Å². The lowest BCUT2D eigenvalue weighted by atomic mass is 9.86. The zero-order valence-electron chi connectivity index (χ0n) is 19.9. The van der Waals surface area contributed by atoms with Crippen LogP contribution in [0.15, 0.2) is 61.2 Å². The van der Waals surface area contributed by atoms with Crippen LogP contribution in [-0.2, 0) is 23.9 Å². The Morgan fingerprint density at radius 3 is 2.58 bits per heavy atom. The monoisotopic (exact) mass is 502 g/mol. The Kier molecular flexibility index (Phi) is 7.95. The van der Waals surface area contributed by atoms with E-state index in [2.05, 4.69) is 10.3 Å². The number of ether oxygens (including phenoxy) is 1. The number of halogens is 3. The molecule has 3 aromatic rings. The summed E-state index contributed by atoms with van der Waals surface area (Å²) in [6.07, 6.45) is -0.0910. The summed E-state index contributed by atoms with van der Waals surface area (Å²) in [4.78, 5) is 18.7. The predicted octanol–water partition coefficient (Wildman–Crippen LogP) is 3.62. The Morgan fingerprint density at radius 1 is 1.14 bits per heavy atom. The van der Waals surface area contributed by atoms with E-state index in [1.165, 1.54) is 24.1 Å². The van der Waals surface area contributed by atoms with Crippen molar-refractivity contribution in [3.63, 3.8) is 0 Å². The lowest BCUT2D eigenvalue weighted by molar-refractivity contribution is -0.138. The van der Waals surface area contributed by atoms with Crippen LogP contribution in [0.4, 0.5) is 18.9 Å². The van der Waals surface area contributed by atoms with E-state index in [1.54, 1.807) is 36.8 Å². The number of methoxy groups -OCH3 is 1. The molecule has 0 saturated carbocycles. The number of imidazole rings is 1. The topological polar surface area (TPSA) is 79.6 Å². The van der Waals surface area contributed by atoms with Crippen LogP contribution < -0.4 is 15.0 Å². The highest BCUT2D eigenvalue weighted by atomic mass is 19.4. The summed E-state index contributed by atoms with van der Waals surface area (Å²) in [5.74, 6) is -0.877. The van der Waals surface area contributed by atoms with Crippen molar-refractivity contribution in [1.82, 2.24) is 14.9 Å². The molecule has 1 aliphatic rings. The van der Waals surface area contributed by atoms with Crippen molar-refractivity contribution < 1.29 is 27.8 Å². The molecule has 0 bridgehead atoms. The zero-order chi connectivity index (χ0) is 25.7. The molecule has 2 N–H and O–H groups in total. The number of carbonyl (C=O) groups excluding carboxylic acids is 1. The third-order valence-corrected chi connectivity index (χ3v) is 6.46. The number of rotatable bonds is 9. The molecular weight excluding hydrogens is 473 g/mol. The molecule has 1 aliphatic heterocycles. The molecule has 7 nitrogen and oxygen atoms in total. The van der Waals surface area contributed by atoms with Crippen LogP contribution in [-0.4, -0.2) is 53.4 Å². The van der Waals surface area contributed by atoms with Crippen LogP contribution >= 0.6 is 0 Å². The predicted molar refractivity (Wildman–Crippen MR) is 129 cm³/mol. The van der Waals surface area contributed by atoms with Crippen LogP contribution in [0, 0.1) is 0 Å². The maximum Gasteiger partial charge on any atom is 0.416 e. The number of aliphatic hydroxyl groups excluding tert-OH is 1. The average Bonchev–Trinajstić information content (AvgIpc) is 3.36. The number of benzene rings is 2. The van der Waals surface area contributed by atoms with Gasteiger partial charge in [-0.05, 0) is 54.8 Å². The molecule has 2 atom stereocenters. The second-order valence-electron chi connectivity index (χ2n) is 8.72. The van der Waals surface area contributed by atoms with Gasteiger partial charge in [-0.2, -0.15) is 13.2 Å². The molecule has 2 heterocycles. The lowest BCUT2D eigenvalue weighted by Gasteiger charge is -2.26. The number of fused-ring (bicyclic) bond motifs is 1. The van der Waals surface area contributed by atoms with Crippen molar-refractivity contribution in [3.05, 3.63) is 77.9 Å². The van der Waals surface area contributed by atoms with Gasteiger partial charge >= 0.3 is 6.18 Å². The molecule has 1 aromatic heterocycles. The Morgan fingerprint density at radius 2 is 1.92 bits per heavy atom. The molecule has 10 heteroatoms. The number of anilines is 1. The fourth-order valence-corrected chi connectivity index (χ4v) is 4.59. The highest BCUT2D eigenvalue weighted by Gasteiger charge is 2.41. The third-order valence-electron chi connectivity index (χ3n) is 6.46. The number of amides is 1. The molecule has 0 fully saturated rings. The molecule has 36 heavy (non-hydrogen) atoms. The van der Waals surface area contributed by atoms with Gasteiger partial charge in [0.05, 0.1) is 19.0 Å². The van der Waals surface area contributed by atoms with Gasteiger partial charge in [-0.3, -0.25) is 4.79 Å². The molecule has 0 saturated heterocycles. The van der Waals surface area contributed by atoms with Gasteiger partial charge in [0.25, 0.3) is 5.91 Å². The number of aromatic nitrogens is 2. The number of hydrogen-bond acceptors (Lipinski definition) is 5. The van der Waals surface area contributed by atoms with Crippen molar-refractivity contribution in [2.75, 3.05) is 31.6 Å². The van der Waals surface area contributed by atoms with Gasteiger partial charge in [-0.25, -0.2) is 4.98 Å². The van der Waals surface area contributed by atoms with E-state index < -0.39 is 29.7 Å². The molecule has 4 rings (SSSR count). The van der Waals surface area contributed by atoms with Crippen molar-refractivity contribution in [3.8, 4) is 5.75 Å². The minimum atomic E-state index is -4.59. The number of aliphatic hydroxyl groups is 1. The van der Waals surface area contributed by atoms with Crippen molar-refractivity contribution in [2.45, 2.75) is 37.6 Å². The average molecular weight is 503 g/mol. The van der Waals surface area contributed by atoms with Crippen molar-refractivity contribution >= 4 is 11.6 Å². The zero-order valence-corrected chi connectivity index (χ0v) is 19.9. The van der Waals surface area contributed by atoms with E-state index in [0.717, 1.165) is 19.0 Å². The number of carbonyl (C=O) groups is 1. The Balaban J connectivity index is 1.56. The molecule has 0 aliphatic carbocycles. The van der Waals surface area contributed by atoms with Crippen LogP contribution in [0.2, 0.25) is 0 Å². The summed E-state index contributed by atoms with van der Waals surface area (Å²) < 4.78 is 49.0. The first-order valence-corrected chi connectivity index (χ1v) is 11.8. The molecule has 0 spiro atoms. The van der Waals surface area contributed by atoms with Gasteiger partial charge in [-0.15, -0.1) is 0 Å². The maximum atomic E-state index is 14.0. The number of nitrogens with one attached hydrogen (secondary N) is 1. The van der Waals surface area contributed by atoms with E-state index in [4.69, 9.17) is 4.74 Å². The third kappa shape index (κ3) is 5.71. The molecule has 1 amide bonds. The second-order valence-corrected chi connectivity index (χ2v) is 8.72. The summed E-state index contributed by atoms with van der Waals surface area (Å²) >= 11 is 0. The fraction of sp³-hybridized carbons (Fsp3) is 0.385. The first-order valence-electron chi connectivity index (χ1n) is 11.8. The number of nitrogens with zero attached hydrogens (tertiary/aromatic N) is 3. The quantitative estimate of drug-likeness (QED) is 0.437. The van der Waals surface area contributed by atoms with Crippen LogP contribution in [0.5, 0.6) is 5.75 Å². The fourth-order valence-electron chi connectivity index (χ4n) is 4.59. The SMILES string of the molecule is COc1ccc([C@@H]2Cc3c(cccc3C(F)(F)F)N(CCNCCCn3ccnc3)C(=O)[C@@H]2O)cc1. The second kappa shape index (κ2) is 11.1. The highest BCUT2D eigenvalue weighted by molar-refractivity contribution is 5.99. The van der Waals surface area contributed by atoms with Gasteiger partial charge < -0.3 is 24.6 Å². The number of alkyl halides is 3. The van der Waals surface area contributed by atoms with E-state index in [-0.39, 0.29) is 24.2 Å². The Bertz CT molecular complexity index is 1150. The van der Waals surface area contributed by atoms with Crippen molar-refractivity contribution in [1.29, 1.82) is 0 Å². The highest BCUT2D eigenvalue weighted by Crippen LogP contribution is 2.42. The van der Waals surface area contributed by atoms with Crippen molar-refractivity contribution in [2.24, 2.45) is 0 Å². The molecule has 192 valence electrons. The standard InChI is InChI=1S/C26H29F3N4O3/c1-36-19-8-6-18(7-9-19)20-16-21-22(26(27,28)29)4-2-5-23(21)33(25(35)24(20)34)15-12-30-10-3-13-32-14-11-31-17-32/h2,4-9,11,14,17,20,24,30,34H,3,10,12-13,15-16H2,1H3/t20-,24+/m0/s1. The summed E-state index contributed by atoms with van der Waals surface area (Å²) in [5, 5.41) is 14.3. The van der Waals surface area contributed by atoms with Gasteiger partial charge in [0.1, 0.15) is 11.9 Å². The Labute approximate surface area is 207 Å². The van der Waals surface area contributed by atoms with Gasteiger partial charge in [0.15, 0.2) is 0 Å². The lowest BCUT2D eigenvalue weighted by Crippen LogP contribution is -2.44. The van der Waals surface area contributed by atoms with Crippen LogP contribution in [0.1, 0.15) is 29.0 Å². The normalized spacial score (nSPS) is 18.1. The summed E-state index contributed by atoms with van der Waals surface area (Å²) in [5.41, 5.74) is -0.0290. The summed E-state index contributed by atoms with van der Waals surface area (Å²) in [6, 6.07) is 10.5. The van der Waals surface area contributed by atoms with E-state index in [0.29, 0.717) is 24.4 Å². The van der Waals surface area contributed by atoms with E-state index in [9.17, 15) is 23.1 Å². The number of hydrogen-bond donors (Lipinski definition) is 2. The van der Waals surface area contributed by atoms with E-state index >= 15 is 0 Å². The molecule has 2 aromatic carbocycles. The number of aryl methyl sites for hydroxylation is 1.